The highest BCUT2D eigenvalue weighted by Gasteiger charge is 2.30. The van der Waals surface area contributed by atoms with Crippen molar-refractivity contribution in [3.8, 4) is 10.8 Å². The second kappa shape index (κ2) is 9.19. The minimum atomic E-state index is -4.40. The number of alkyl halides is 3. The summed E-state index contributed by atoms with van der Waals surface area (Å²) in [5.74, 6) is 1.89. The second-order valence-electron chi connectivity index (χ2n) is 8.94. The molecular weight excluding hydrogens is 477 g/mol. The summed E-state index contributed by atoms with van der Waals surface area (Å²) in [4.78, 5) is 19.2. The van der Waals surface area contributed by atoms with E-state index in [0.29, 0.717) is 39.3 Å². The zero-order chi connectivity index (χ0) is 24.7. The quantitative estimate of drug-likeness (QED) is 0.351. The smallest absolute Gasteiger partial charge is 0.388 e. The van der Waals surface area contributed by atoms with E-state index >= 15 is 0 Å². The van der Waals surface area contributed by atoms with Gasteiger partial charge in [0.2, 0.25) is 0 Å². The zero-order valence-electron chi connectivity index (χ0n) is 19.3. The van der Waals surface area contributed by atoms with Gasteiger partial charge in [0.15, 0.2) is 28.1 Å². The fraction of sp³-hybridized carbons (Fsp3) is 0.417. The minimum Gasteiger partial charge on any atom is -0.388 e. The molecule has 1 atom stereocenters. The van der Waals surface area contributed by atoms with Gasteiger partial charge in [0.25, 0.3) is 0 Å². The molecule has 0 aliphatic heterocycles. The number of aryl methyl sites for hydroxylation is 1. The summed E-state index contributed by atoms with van der Waals surface area (Å²) >= 11 is 1.47. The van der Waals surface area contributed by atoms with E-state index in [1.54, 1.807) is 6.20 Å². The first kappa shape index (κ1) is 23.7. The molecule has 1 saturated carbocycles. The minimum absolute atomic E-state index is 0.161. The van der Waals surface area contributed by atoms with E-state index in [1.807, 2.05) is 11.5 Å². The largest absolute Gasteiger partial charge is 0.416 e. The van der Waals surface area contributed by atoms with Crippen molar-refractivity contribution in [2.45, 2.75) is 58.5 Å². The SMILES string of the molecule is Cc1cnc(-c2nc3nc(CO)nc(NC(C)C4CCC4)c3n2Cc2ccc(C(F)(F)F)cc2)s1. The van der Waals surface area contributed by atoms with Crippen molar-refractivity contribution in [3.63, 3.8) is 0 Å². The van der Waals surface area contributed by atoms with Crippen molar-refractivity contribution in [2.75, 3.05) is 5.32 Å². The molecule has 4 aromatic rings. The monoisotopic (exact) mass is 502 g/mol. The van der Waals surface area contributed by atoms with Gasteiger partial charge in [0.05, 0.1) is 5.56 Å². The first-order valence-electron chi connectivity index (χ1n) is 11.5. The standard InChI is InChI=1S/C24H25F3N6OS/c1-13-10-28-23(35-13)22-32-21-19(33(22)11-15-6-8-17(9-7-15)24(25,26)27)20(30-18(12-34)31-21)29-14(2)16-4-3-5-16/h6-10,14,16,34H,3-5,11-12H2,1-2H3,(H,29,30,31). The first-order valence-corrected chi connectivity index (χ1v) is 12.3. The maximum atomic E-state index is 13.1. The Morgan fingerprint density at radius 3 is 2.49 bits per heavy atom. The Hall–Kier alpha value is -3.05. The van der Waals surface area contributed by atoms with Gasteiger partial charge in [-0.1, -0.05) is 18.6 Å². The average molecular weight is 503 g/mol. The van der Waals surface area contributed by atoms with Crippen LogP contribution in [0.3, 0.4) is 0 Å². The molecule has 0 saturated heterocycles. The number of hydrogen-bond acceptors (Lipinski definition) is 7. The van der Waals surface area contributed by atoms with Gasteiger partial charge in [0.1, 0.15) is 12.1 Å². The van der Waals surface area contributed by atoms with Gasteiger partial charge in [0, 0.05) is 23.7 Å². The predicted molar refractivity (Wildman–Crippen MR) is 128 cm³/mol. The summed E-state index contributed by atoms with van der Waals surface area (Å²) in [6, 6.07) is 5.27. The summed E-state index contributed by atoms with van der Waals surface area (Å²) in [7, 11) is 0. The van der Waals surface area contributed by atoms with E-state index in [9.17, 15) is 18.3 Å². The average Bonchev–Trinajstić information content (AvgIpc) is 3.35. The number of thiazole rings is 1. The van der Waals surface area contributed by atoms with Gasteiger partial charge < -0.3 is 15.0 Å². The Kier molecular flexibility index (Phi) is 6.22. The Morgan fingerprint density at radius 2 is 1.91 bits per heavy atom. The van der Waals surface area contributed by atoms with Gasteiger partial charge in [-0.2, -0.15) is 13.2 Å². The van der Waals surface area contributed by atoms with Crippen LogP contribution in [0, 0.1) is 12.8 Å². The van der Waals surface area contributed by atoms with Gasteiger partial charge in [-0.3, -0.25) is 0 Å². The second-order valence-corrected chi connectivity index (χ2v) is 10.2. The van der Waals surface area contributed by atoms with Gasteiger partial charge >= 0.3 is 6.18 Å². The molecule has 1 unspecified atom stereocenters. The number of fused-ring (bicyclic) bond motifs is 1. The summed E-state index contributed by atoms with van der Waals surface area (Å²) < 4.78 is 41.1. The maximum Gasteiger partial charge on any atom is 0.416 e. The van der Waals surface area contributed by atoms with Crippen LogP contribution in [0.2, 0.25) is 0 Å². The lowest BCUT2D eigenvalue weighted by atomic mass is 9.80. The molecule has 7 nitrogen and oxygen atoms in total. The Balaban J connectivity index is 1.63. The highest BCUT2D eigenvalue weighted by Crippen LogP contribution is 2.35. The van der Waals surface area contributed by atoms with Crippen LogP contribution in [0.25, 0.3) is 22.0 Å². The third-order valence-corrected chi connectivity index (χ3v) is 7.36. The van der Waals surface area contributed by atoms with E-state index < -0.39 is 11.7 Å². The molecule has 1 aromatic carbocycles. The van der Waals surface area contributed by atoms with Crippen molar-refractivity contribution in [3.05, 3.63) is 52.3 Å². The molecule has 0 amide bonds. The van der Waals surface area contributed by atoms with Crippen LogP contribution in [-0.2, 0) is 19.3 Å². The number of nitrogens with one attached hydrogen (secondary N) is 1. The third-order valence-electron chi connectivity index (χ3n) is 6.45. The molecule has 3 aromatic heterocycles. The first-order chi connectivity index (χ1) is 16.7. The van der Waals surface area contributed by atoms with E-state index in [4.69, 9.17) is 4.98 Å². The number of aliphatic hydroxyl groups excluding tert-OH is 1. The molecule has 1 aliphatic carbocycles. The number of aromatic nitrogens is 5. The number of nitrogens with zero attached hydrogens (tertiary/aromatic N) is 5. The molecule has 11 heteroatoms. The fourth-order valence-corrected chi connectivity index (χ4v) is 5.05. The van der Waals surface area contributed by atoms with Gasteiger partial charge in [-0.05, 0) is 50.3 Å². The van der Waals surface area contributed by atoms with Crippen LogP contribution in [-0.4, -0.2) is 35.7 Å². The van der Waals surface area contributed by atoms with Crippen LogP contribution in [0.4, 0.5) is 19.0 Å². The van der Waals surface area contributed by atoms with Gasteiger partial charge in [-0.25, -0.2) is 19.9 Å². The van der Waals surface area contributed by atoms with Crippen molar-refractivity contribution < 1.29 is 18.3 Å². The van der Waals surface area contributed by atoms with Crippen molar-refractivity contribution in [1.82, 2.24) is 24.5 Å². The van der Waals surface area contributed by atoms with Crippen LogP contribution in [0.1, 0.15) is 48.0 Å². The van der Waals surface area contributed by atoms with Crippen molar-refractivity contribution >= 4 is 28.3 Å². The molecule has 1 fully saturated rings. The van der Waals surface area contributed by atoms with Crippen LogP contribution >= 0.6 is 11.3 Å². The molecule has 0 radical (unpaired) electrons. The summed E-state index contributed by atoms with van der Waals surface area (Å²) in [5, 5.41) is 13.9. The summed E-state index contributed by atoms with van der Waals surface area (Å²) in [6.45, 7) is 3.98. The van der Waals surface area contributed by atoms with Gasteiger partial charge in [-0.15, -0.1) is 11.3 Å². The summed E-state index contributed by atoms with van der Waals surface area (Å²) in [5.41, 5.74) is 1.02. The molecule has 35 heavy (non-hydrogen) atoms. The van der Waals surface area contributed by atoms with E-state index in [1.165, 1.54) is 29.9 Å². The van der Waals surface area contributed by atoms with Crippen LogP contribution in [0.5, 0.6) is 0 Å². The molecule has 3 heterocycles. The normalized spacial score (nSPS) is 15.4. The number of benzene rings is 1. The predicted octanol–water partition coefficient (Wildman–Crippen LogP) is 5.42. The highest BCUT2D eigenvalue weighted by atomic mass is 32.1. The fourth-order valence-electron chi connectivity index (χ4n) is 4.28. The summed E-state index contributed by atoms with van der Waals surface area (Å²) in [6.07, 6.45) is 0.849. The molecule has 0 spiro atoms. The number of anilines is 1. The van der Waals surface area contributed by atoms with Crippen LogP contribution in [0.15, 0.2) is 30.5 Å². The zero-order valence-corrected chi connectivity index (χ0v) is 20.1. The lowest BCUT2D eigenvalue weighted by Crippen LogP contribution is -2.31. The maximum absolute atomic E-state index is 13.1. The molecule has 5 rings (SSSR count). The Labute approximate surface area is 204 Å². The van der Waals surface area contributed by atoms with Crippen molar-refractivity contribution in [1.29, 1.82) is 0 Å². The molecule has 0 bridgehead atoms. The van der Waals surface area contributed by atoms with E-state index in [2.05, 4.69) is 27.2 Å². The lowest BCUT2D eigenvalue weighted by molar-refractivity contribution is -0.137. The number of imidazole rings is 1. The molecular formula is C24H25F3N6OS. The molecule has 184 valence electrons. The molecule has 2 N–H and O–H groups in total. The topological polar surface area (TPSA) is 88.8 Å². The van der Waals surface area contributed by atoms with Crippen LogP contribution < -0.4 is 5.32 Å². The van der Waals surface area contributed by atoms with E-state index in [0.717, 1.165) is 29.9 Å². The van der Waals surface area contributed by atoms with Crippen molar-refractivity contribution in [2.24, 2.45) is 5.92 Å². The van der Waals surface area contributed by atoms with E-state index in [-0.39, 0.29) is 25.0 Å². The number of aliphatic hydroxyl groups is 1. The number of rotatable bonds is 7. The molecule has 1 aliphatic rings. The lowest BCUT2D eigenvalue weighted by Gasteiger charge is -2.32. The highest BCUT2D eigenvalue weighted by molar-refractivity contribution is 7.14. The number of halogens is 3. The third kappa shape index (κ3) is 4.74. The Morgan fingerprint density at radius 1 is 1.17 bits per heavy atom. The Bertz CT molecular complexity index is 1340. The number of hydrogen-bond donors (Lipinski definition) is 2.